The number of hydrogen-bond donors (Lipinski definition) is 1. The molecule has 2 heteroatoms. The summed E-state index contributed by atoms with van der Waals surface area (Å²) in [6.07, 6.45) is 29.5. The fourth-order valence-corrected chi connectivity index (χ4v) is 2.71. The predicted molar refractivity (Wildman–Crippen MR) is 116 cm³/mol. The van der Waals surface area contributed by atoms with Gasteiger partial charge >= 0.3 is 0 Å². The molecule has 1 amide bonds. The van der Waals surface area contributed by atoms with Crippen molar-refractivity contribution in [3.63, 3.8) is 0 Å². The van der Waals surface area contributed by atoms with Crippen molar-refractivity contribution >= 4 is 5.91 Å². The predicted octanol–water partition coefficient (Wildman–Crippen LogP) is 7.27. The molecule has 0 aliphatic rings. The van der Waals surface area contributed by atoms with Gasteiger partial charge in [0.15, 0.2) is 0 Å². The summed E-state index contributed by atoms with van der Waals surface area (Å²) >= 11 is 0. The van der Waals surface area contributed by atoms with E-state index in [0.29, 0.717) is 6.42 Å². The van der Waals surface area contributed by atoms with E-state index in [-0.39, 0.29) is 5.91 Å². The summed E-state index contributed by atoms with van der Waals surface area (Å²) in [7, 11) is 0. The van der Waals surface area contributed by atoms with E-state index in [0.717, 1.165) is 45.1 Å². The van der Waals surface area contributed by atoms with Crippen molar-refractivity contribution in [1.29, 1.82) is 0 Å². The Hall–Kier alpha value is -1.31. The smallest absolute Gasteiger partial charge is 0.219 e. The Labute approximate surface area is 163 Å². The largest absolute Gasteiger partial charge is 0.356 e. The normalized spacial score (nSPS) is 11.9. The molecule has 0 saturated heterocycles. The molecule has 0 saturated carbocycles. The standard InChI is InChI=1S/C24H43NO/c1-3-5-7-9-10-11-12-13-14-15-16-17-18-19-20-22-24(26)25-23-21-8-6-4-2/h10-11,13-14,16-17H,3-9,12,15,18-23H2,1-2H3,(H,25,26)/b11-10-,14-13-,17-16-. The number of nitrogens with one attached hydrogen (secondary N) is 1. The number of allylic oxidation sites excluding steroid dienone is 6. The lowest BCUT2D eigenvalue weighted by Gasteiger charge is -2.04. The van der Waals surface area contributed by atoms with Crippen LogP contribution in [-0.2, 0) is 4.79 Å². The van der Waals surface area contributed by atoms with Gasteiger partial charge in [-0.15, -0.1) is 0 Å². The summed E-state index contributed by atoms with van der Waals surface area (Å²) in [5, 5.41) is 3.02. The van der Waals surface area contributed by atoms with Gasteiger partial charge in [0, 0.05) is 13.0 Å². The Morgan fingerprint density at radius 2 is 1.19 bits per heavy atom. The highest BCUT2D eigenvalue weighted by Gasteiger charge is 1.99. The second-order valence-corrected chi connectivity index (χ2v) is 7.04. The molecule has 0 aromatic rings. The molecule has 150 valence electrons. The highest BCUT2D eigenvalue weighted by molar-refractivity contribution is 5.75. The number of carbonyl (C=O) groups is 1. The number of amides is 1. The zero-order valence-electron chi connectivity index (χ0n) is 17.5. The summed E-state index contributed by atoms with van der Waals surface area (Å²) < 4.78 is 0. The Kier molecular flexibility index (Phi) is 20.6. The van der Waals surface area contributed by atoms with Crippen LogP contribution < -0.4 is 5.32 Å². The van der Waals surface area contributed by atoms with Gasteiger partial charge in [-0.2, -0.15) is 0 Å². The average molecular weight is 362 g/mol. The third-order valence-corrected chi connectivity index (χ3v) is 4.40. The summed E-state index contributed by atoms with van der Waals surface area (Å²) in [4.78, 5) is 11.7. The summed E-state index contributed by atoms with van der Waals surface area (Å²) in [6, 6.07) is 0. The van der Waals surface area contributed by atoms with Crippen molar-refractivity contribution in [2.75, 3.05) is 6.54 Å². The number of unbranched alkanes of at least 4 members (excludes halogenated alkanes) is 8. The highest BCUT2D eigenvalue weighted by Crippen LogP contribution is 2.03. The lowest BCUT2D eigenvalue weighted by molar-refractivity contribution is -0.121. The Balaban J connectivity index is 3.37. The molecule has 0 radical (unpaired) electrons. The van der Waals surface area contributed by atoms with Gasteiger partial charge < -0.3 is 5.32 Å². The zero-order chi connectivity index (χ0) is 19.1. The molecule has 0 atom stereocenters. The molecule has 0 aromatic carbocycles. The van der Waals surface area contributed by atoms with Crippen LogP contribution in [0.25, 0.3) is 0 Å². The van der Waals surface area contributed by atoms with Gasteiger partial charge in [0.1, 0.15) is 0 Å². The number of hydrogen-bond acceptors (Lipinski definition) is 1. The average Bonchev–Trinajstić information content (AvgIpc) is 2.64. The molecule has 0 fully saturated rings. The first-order valence-corrected chi connectivity index (χ1v) is 11.0. The maximum atomic E-state index is 11.7. The van der Waals surface area contributed by atoms with Crippen LogP contribution in [0.3, 0.4) is 0 Å². The first-order chi connectivity index (χ1) is 12.8. The maximum Gasteiger partial charge on any atom is 0.219 e. The minimum absolute atomic E-state index is 0.219. The van der Waals surface area contributed by atoms with Crippen LogP contribution >= 0.6 is 0 Å². The first-order valence-electron chi connectivity index (χ1n) is 11.0. The molecule has 0 aliphatic heterocycles. The summed E-state index contributed by atoms with van der Waals surface area (Å²) in [5.74, 6) is 0.219. The molecular weight excluding hydrogens is 318 g/mol. The van der Waals surface area contributed by atoms with Crippen molar-refractivity contribution in [3.8, 4) is 0 Å². The minimum Gasteiger partial charge on any atom is -0.356 e. The summed E-state index contributed by atoms with van der Waals surface area (Å²) in [6.45, 7) is 5.29. The van der Waals surface area contributed by atoms with Gasteiger partial charge in [0.2, 0.25) is 5.91 Å². The van der Waals surface area contributed by atoms with E-state index in [1.807, 2.05) is 0 Å². The van der Waals surface area contributed by atoms with Crippen molar-refractivity contribution in [2.45, 2.75) is 104 Å². The molecule has 0 aromatic heterocycles. The molecular formula is C24H43NO. The van der Waals surface area contributed by atoms with Gasteiger partial charge in [-0.3, -0.25) is 4.79 Å². The second kappa shape index (κ2) is 21.7. The fraction of sp³-hybridized carbons (Fsp3) is 0.708. The quantitative estimate of drug-likeness (QED) is 0.202. The topological polar surface area (TPSA) is 29.1 Å². The Bertz CT molecular complexity index is 382. The molecule has 0 spiro atoms. The lowest BCUT2D eigenvalue weighted by atomic mass is 10.1. The SMILES string of the molecule is CCCCC/C=C\C/C=C\C/C=C\CCCCC(=O)NCCCCCC. The van der Waals surface area contributed by atoms with E-state index in [1.54, 1.807) is 0 Å². The summed E-state index contributed by atoms with van der Waals surface area (Å²) in [5.41, 5.74) is 0. The van der Waals surface area contributed by atoms with Crippen LogP contribution in [0, 0.1) is 0 Å². The third kappa shape index (κ3) is 20.7. The highest BCUT2D eigenvalue weighted by atomic mass is 16.1. The van der Waals surface area contributed by atoms with Crippen molar-refractivity contribution in [3.05, 3.63) is 36.5 Å². The van der Waals surface area contributed by atoms with Crippen LogP contribution in [0.15, 0.2) is 36.5 Å². The van der Waals surface area contributed by atoms with Crippen molar-refractivity contribution < 1.29 is 4.79 Å². The van der Waals surface area contributed by atoms with E-state index in [4.69, 9.17) is 0 Å². The molecule has 0 aliphatic carbocycles. The Morgan fingerprint density at radius 3 is 1.81 bits per heavy atom. The molecule has 0 rings (SSSR count). The van der Waals surface area contributed by atoms with Crippen molar-refractivity contribution in [2.24, 2.45) is 0 Å². The fourth-order valence-electron chi connectivity index (χ4n) is 2.71. The van der Waals surface area contributed by atoms with Gasteiger partial charge in [-0.1, -0.05) is 82.4 Å². The van der Waals surface area contributed by atoms with E-state index < -0.39 is 0 Å². The first kappa shape index (κ1) is 24.7. The zero-order valence-corrected chi connectivity index (χ0v) is 17.5. The monoisotopic (exact) mass is 361 g/mol. The van der Waals surface area contributed by atoms with Gasteiger partial charge in [-0.25, -0.2) is 0 Å². The van der Waals surface area contributed by atoms with Crippen LogP contribution in [-0.4, -0.2) is 12.5 Å². The van der Waals surface area contributed by atoms with Crippen LogP contribution in [0.5, 0.6) is 0 Å². The molecule has 0 heterocycles. The second-order valence-electron chi connectivity index (χ2n) is 7.04. The van der Waals surface area contributed by atoms with Gasteiger partial charge in [0.25, 0.3) is 0 Å². The van der Waals surface area contributed by atoms with Gasteiger partial charge in [0.05, 0.1) is 0 Å². The van der Waals surface area contributed by atoms with E-state index >= 15 is 0 Å². The number of carbonyl (C=O) groups excluding carboxylic acids is 1. The molecule has 26 heavy (non-hydrogen) atoms. The van der Waals surface area contributed by atoms with E-state index in [2.05, 4.69) is 55.6 Å². The molecule has 2 nitrogen and oxygen atoms in total. The minimum atomic E-state index is 0.219. The maximum absolute atomic E-state index is 11.7. The number of rotatable bonds is 18. The van der Waals surface area contributed by atoms with E-state index in [1.165, 1.54) is 44.9 Å². The third-order valence-electron chi connectivity index (χ3n) is 4.40. The van der Waals surface area contributed by atoms with Crippen LogP contribution in [0.1, 0.15) is 104 Å². The van der Waals surface area contributed by atoms with Gasteiger partial charge in [-0.05, 0) is 51.4 Å². The van der Waals surface area contributed by atoms with Crippen molar-refractivity contribution in [1.82, 2.24) is 5.32 Å². The lowest BCUT2D eigenvalue weighted by Crippen LogP contribution is -2.23. The van der Waals surface area contributed by atoms with E-state index in [9.17, 15) is 4.79 Å². The molecule has 1 N–H and O–H groups in total. The molecule has 0 unspecified atom stereocenters. The Morgan fingerprint density at radius 1 is 0.654 bits per heavy atom. The van der Waals surface area contributed by atoms with Crippen LogP contribution in [0.4, 0.5) is 0 Å². The van der Waals surface area contributed by atoms with Crippen LogP contribution in [0.2, 0.25) is 0 Å². The molecule has 0 bridgehead atoms.